The molecule has 0 aliphatic carbocycles. The molecule has 0 aliphatic heterocycles. The van der Waals surface area contributed by atoms with E-state index in [2.05, 4.69) is 69.8 Å². The number of carbonyl (C=O) groups excluding carboxylic acids is 1. The second-order valence-corrected chi connectivity index (χ2v) is 8.62. The SMILES string of the molecule is CC(P)CCC(=O)c1c(C(C)C)cc(C(C)C)cc1C(C)C.[LiH]. The monoisotopic (exact) mass is 328 g/mol. The molecule has 0 spiro atoms. The normalized spacial score (nSPS) is 12.7. The van der Waals surface area contributed by atoms with Gasteiger partial charge in [-0.2, -0.15) is 0 Å². The molecule has 126 valence electrons. The molecule has 2 atom stereocenters. The summed E-state index contributed by atoms with van der Waals surface area (Å²) in [6.07, 6.45) is 1.58. The molecular formula is C20H34LiOP. The summed E-state index contributed by atoms with van der Waals surface area (Å²) in [5.74, 6) is 1.57. The number of Topliss-reactive ketones (excluding diaryl/α,β-unsaturated/α-hetero) is 1. The van der Waals surface area contributed by atoms with E-state index in [-0.39, 0.29) is 18.9 Å². The van der Waals surface area contributed by atoms with Crippen LogP contribution in [0.4, 0.5) is 0 Å². The Morgan fingerprint density at radius 2 is 1.35 bits per heavy atom. The molecule has 1 nitrogen and oxygen atoms in total. The zero-order valence-electron chi connectivity index (χ0n) is 15.4. The second-order valence-electron chi connectivity index (χ2n) is 7.48. The van der Waals surface area contributed by atoms with Crippen molar-refractivity contribution in [1.29, 1.82) is 0 Å². The summed E-state index contributed by atoms with van der Waals surface area (Å²) in [4.78, 5) is 12.9. The van der Waals surface area contributed by atoms with E-state index in [0.717, 1.165) is 12.0 Å². The molecule has 1 aromatic carbocycles. The molecule has 2 unspecified atom stereocenters. The van der Waals surface area contributed by atoms with Crippen molar-refractivity contribution >= 4 is 33.9 Å². The van der Waals surface area contributed by atoms with Gasteiger partial charge in [-0.05, 0) is 46.5 Å². The first-order valence-electron chi connectivity index (χ1n) is 8.61. The molecule has 0 bridgehead atoms. The van der Waals surface area contributed by atoms with Crippen molar-refractivity contribution < 1.29 is 4.79 Å². The molecule has 0 N–H and O–H groups in total. The first kappa shape index (κ1) is 22.9. The van der Waals surface area contributed by atoms with Crippen LogP contribution in [-0.4, -0.2) is 30.3 Å². The molecule has 0 radical (unpaired) electrons. The van der Waals surface area contributed by atoms with E-state index in [9.17, 15) is 4.79 Å². The van der Waals surface area contributed by atoms with Gasteiger partial charge in [0.2, 0.25) is 0 Å². The van der Waals surface area contributed by atoms with E-state index in [4.69, 9.17) is 0 Å². The van der Waals surface area contributed by atoms with Gasteiger partial charge in [-0.3, -0.25) is 4.79 Å². The molecule has 1 rings (SSSR count). The molecule has 0 saturated carbocycles. The number of benzene rings is 1. The number of ketones is 1. The molecule has 0 aromatic heterocycles. The summed E-state index contributed by atoms with van der Waals surface area (Å²) < 4.78 is 0. The fourth-order valence-electron chi connectivity index (χ4n) is 2.76. The van der Waals surface area contributed by atoms with Crippen molar-refractivity contribution in [2.24, 2.45) is 0 Å². The van der Waals surface area contributed by atoms with Crippen LogP contribution < -0.4 is 0 Å². The average Bonchev–Trinajstić information content (AvgIpc) is 2.42. The fraction of sp³-hybridized carbons (Fsp3) is 0.650. The van der Waals surface area contributed by atoms with Gasteiger partial charge in [-0.1, -0.05) is 60.6 Å². The van der Waals surface area contributed by atoms with Crippen LogP contribution in [0.3, 0.4) is 0 Å². The molecule has 0 amide bonds. The van der Waals surface area contributed by atoms with Crippen LogP contribution in [0.1, 0.15) is 106 Å². The number of hydrogen-bond acceptors (Lipinski definition) is 1. The quantitative estimate of drug-likeness (QED) is 0.360. The summed E-state index contributed by atoms with van der Waals surface area (Å²) in [5, 5.41) is 0. The number of carbonyl (C=O) groups is 1. The topological polar surface area (TPSA) is 17.1 Å². The van der Waals surface area contributed by atoms with Crippen LogP contribution in [0.25, 0.3) is 0 Å². The van der Waals surface area contributed by atoms with Crippen LogP contribution in [0.2, 0.25) is 0 Å². The summed E-state index contributed by atoms with van der Waals surface area (Å²) in [6, 6.07) is 4.52. The average molecular weight is 328 g/mol. The van der Waals surface area contributed by atoms with E-state index in [1.165, 1.54) is 16.7 Å². The summed E-state index contributed by atoms with van der Waals surface area (Å²) in [5.41, 5.74) is 5.31. The maximum atomic E-state index is 12.9. The molecule has 0 heterocycles. The fourth-order valence-corrected chi connectivity index (χ4v) is 2.93. The minimum absolute atomic E-state index is 0. The summed E-state index contributed by atoms with van der Waals surface area (Å²) >= 11 is 0. The Hall–Kier alpha value is -0.0826. The first-order valence-corrected chi connectivity index (χ1v) is 9.28. The van der Waals surface area contributed by atoms with E-state index in [1.807, 2.05) is 0 Å². The van der Waals surface area contributed by atoms with Crippen molar-refractivity contribution in [3.05, 3.63) is 34.4 Å². The van der Waals surface area contributed by atoms with Gasteiger partial charge in [0.1, 0.15) is 0 Å². The van der Waals surface area contributed by atoms with Crippen molar-refractivity contribution in [1.82, 2.24) is 0 Å². The van der Waals surface area contributed by atoms with Gasteiger partial charge in [0.15, 0.2) is 5.78 Å². The second kappa shape index (κ2) is 10.0. The predicted molar refractivity (Wildman–Crippen MR) is 109 cm³/mol. The Kier molecular flexibility index (Phi) is 10.00. The van der Waals surface area contributed by atoms with Gasteiger partial charge >= 0.3 is 18.9 Å². The van der Waals surface area contributed by atoms with E-state index < -0.39 is 0 Å². The van der Waals surface area contributed by atoms with E-state index >= 15 is 0 Å². The Balaban J connectivity index is 0.00000484. The molecule has 1 aromatic rings. The Bertz CT molecular complexity index is 489. The van der Waals surface area contributed by atoms with Crippen molar-refractivity contribution in [3.8, 4) is 0 Å². The van der Waals surface area contributed by atoms with Crippen LogP contribution in [0.15, 0.2) is 12.1 Å². The zero-order valence-corrected chi connectivity index (χ0v) is 16.5. The number of hydrogen-bond donors (Lipinski definition) is 0. The van der Waals surface area contributed by atoms with Gasteiger partial charge in [-0.25, -0.2) is 0 Å². The van der Waals surface area contributed by atoms with Crippen molar-refractivity contribution in [3.63, 3.8) is 0 Å². The van der Waals surface area contributed by atoms with Crippen LogP contribution >= 0.6 is 9.24 Å². The van der Waals surface area contributed by atoms with Gasteiger partial charge in [0.25, 0.3) is 0 Å². The minimum atomic E-state index is 0. The number of rotatable bonds is 7. The zero-order chi connectivity index (χ0) is 17.0. The van der Waals surface area contributed by atoms with Gasteiger partial charge in [0, 0.05) is 12.0 Å². The van der Waals surface area contributed by atoms with Gasteiger partial charge < -0.3 is 0 Å². The summed E-state index contributed by atoms with van der Waals surface area (Å²) in [6.45, 7) is 15.4. The maximum absolute atomic E-state index is 12.9. The van der Waals surface area contributed by atoms with Crippen LogP contribution in [-0.2, 0) is 0 Å². The first-order chi connectivity index (χ1) is 10.1. The van der Waals surface area contributed by atoms with Crippen molar-refractivity contribution in [2.75, 3.05) is 0 Å². The molecule has 3 heteroatoms. The Labute approximate surface area is 157 Å². The third-order valence-corrected chi connectivity index (χ3v) is 4.57. The van der Waals surface area contributed by atoms with Crippen LogP contribution in [0, 0.1) is 0 Å². The Morgan fingerprint density at radius 1 is 0.913 bits per heavy atom. The predicted octanol–water partition coefficient (Wildman–Crippen LogP) is 5.63. The summed E-state index contributed by atoms with van der Waals surface area (Å²) in [7, 11) is 2.79. The third kappa shape index (κ3) is 6.38. The van der Waals surface area contributed by atoms with E-state index in [0.29, 0.717) is 35.6 Å². The molecule has 23 heavy (non-hydrogen) atoms. The Morgan fingerprint density at radius 3 is 1.65 bits per heavy atom. The molecule has 0 fully saturated rings. The molecule has 0 saturated heterocycles. The molecule has 0 aliphatic rings. The standard InChI is InChI=1S/C20H33OP.Li.H/c1-12(2)16-10-17(13(3)4)20(18(11-16)14(5)6)19(21)9-8-15(7)22;;/h10-15H,8-9,22H2,1-7H3;;. The molecular weight excluding hydrogens is 294 g/mol. The van der Waals surface area contributed by atoms with Gasteiger partial charge in [-0.15, -0.1) is 9.24 Å². The van der Waals surface area contributed by atoms with Gasteiger partial charge in [0.05, 0.1) is 0 Å². The van der Waals surface area contributed by atoms with E-state index in [1.54, 1.807) is 0 Å². The third-order valence-electron chi connectivity index (χ3n) is 4.24. The van der Waals surface area contributed by atoms with Crippen LogP contribution in [0.5, 0.6) is 0 Å². The van der Waals surface area contributed by atoms with Crippen molar-refractivity contribution in [2.45, 2.75) is 84.7 Å².